The van der Waals surface area contributed by atoms with Gasteiger partial charge < -0.3 is 10.5 Å². The number of para-hydroxylation sites is 1. The molecule has 2 aromatic carbocycles. The standard InChI is InChI=1S/C19H17N3O3/c20-19(24)18(15-7-3-1-4-8-15)25-17(23)11-14-12-21-22(13-14)16-9-5-2-6-10-16/h1-10,12-13,18H,11H2,(H2,20,24)/t18-/m0/s1. The van der Waals surface area contributed by atoms with E-state index in [4.69, 9.17) is 10.5 Å². The van der Waals surface area contributed by atoms with Crippen molar-refractivity contribution in [1.29, 1.82) is 0 Å². The first kappa shape index (κ1) is 16.4. The number of aromatic nitrogens is 2. The van der Waals surface area contributed by atoms with Gasteiger partial charge in [0.2, 0.25) is 6.10 Å². The minimum absolute atomic E-state index is 0.00342. The Morgan fingerprint density at radius 2 is 1.68 bits per heavy atom. The van der Waals surface area contributed by atoms with Crippen LogP contribution in [0.25, 0.3) is 5.69 Å². The van der Waals surface area contributed by atoms with Gasteiger partial charge in [0.1, 0.15) is 0 Å². The number of hydrogen-bond acceptors (Lipinski definition) is 4. The molecule has 1 aromatic heterocycles. The first-order chi connectivity index (χ1) is 12.1. The van der Waals surface area contributed by atoms with Crippen LogP contribution in [-0.4, -0.2) is 21.7 Å². The summed E-state index contributed by atoms with van der Waals surface area (Å²) in [4.78, 5) is 23.8. The van der Waals surface area contributed by atoms with Crippen molar-refractivity contribution in [3.8, 4) is 5.69 Å². The van der Waals surface area contributed by atoms with Gasteiger partial charge in [-0.25, -0.2) is 4.68 Å². The third kappa shape index (κ3) is 4.11. The van der Waals surface area contributed by atoms with Crippen LogP contribution in [-0.2, 0) is 20.7 Å². The number of ether oxygens (including phenoxy) is 1. The molecule has 1 heterocycles. The van der Waals surface area contributed by atoms with Gasteiger partial charge in [0.15, 0.2) is 0 Å². The molecule has 3 aromatic rings. The molecule has 6 nitrogen and oxygen atoms in total. The molecular weight excluding hydrogens is 318 g/mol. The summed E-state index contributed by atoms with van der Waals surface area (Å²) in [7, 11) is 0. The molecule has 0 radical (unpaired) electrons. The van der Waals surface area contributed by atoms with Crippen LogP contribution < -0.4 is 5.73 Å². The summed E-state index contributed by atoms with van der Waals surface area (Å²) in [6.07, 6.45) is 2.25. The molecule has 1 atom stereocenters. The molecule has 0 unspecified atom stereocenters. The minimum Gasteiger partial charge on any atom is -0.447 e. The Kier molecular flexibility index (Phi) is 4.89. The Balaban J connectivity index is 1.68. The maximum atomic E-state index is 12.2. The van der Waals surface area contributed by atoms with Gasteiger partial charge in [-0.2, -0.15) is 5.10 Å². The van der Waals surface area contributed by atoms with Crippen molar-refractivity contribution < 1.29 is 14.3 Å². The molecule has 0 saturated carbocycles. The van der Waals surface area contributed by atoms with Crippen molar-refractivity contribution in [1.82, 2.24) is 9.78 Å². The molecule has 0 saturated heterocycles. The number of esters is 1. The lowest BCUT2D eigenvalue weighted by Gasteiger charge is -2.14. The van der Waals surface area contributed by atoms with E-state index in [1.165, 1.54) is 0 Å². The Morgan fingerprint density at radius 3 is 2.32 bits per heavy atom. The summed E-state index contributed by atoms with van der Waals surface area (Å²) in [6.45, 7) is 0. The summed E-state index contributed by atoms with van der Waals surface area (Å²) in [5.41, 5.74) is 7.48. The normalized spacial score (nSPS) is 11.7. The van der Waals surface area contributed by atoms with E-state index in [2.05, 4.69) is 5.10 Å². The fourth-order valence-electron chi connectivity index (χ4n) is 2.43. The first-order valence-electron chi connectivity index (χ1n) is 7.76. The molecule has 6 heteroatoms. The van der Waals surface area contributed by atoms with Crippen LogP contribution in [0.1, 0.15) is 17.2 Å². The molecule has 0 spiro atoms. The van der Waals surface area contributed by atoms with Crippen molar-refractivity contribution >= 4 is 11.9 Å². The highest BCUT2D eigenvalue weighted by atomic mass is 16.5. The largest absolute Gasteiger partial charge is 0.447 e. The molecule has 0 aliphatic carbocycles. The smallest absolute Gasteiger partial charge is 0.311 e. The zero-order valence-electron chi connectivity index (χ0n) is 13.4. The predicted molar refractivity (Wildman–Crippen MR) is 91.7 cm³/mol. The zero-order chi connectivity index (χ0) is 17.6. The molecule has 0 aliphatic heterocycles. The first-order valence-corrected chi connectivity index (χ1v) is 7.76. The topological polar surface area (TPSA) is 87.2 Å². The number of nitrogens with zero attached hydrogens (tertiary/aromatic N) is 2. The highest BCUT2D eigenvalue weighted by molar-refractivity contribution is 5.84. The quantitative estimate of drug-likeness (QED) is 0.700. The van der Waals surface area contributed by atoms with E-state index in [0.29, 0.717) is 11.1 Å². The number of carbonyl (C=O) groups is 2. The van der Waals surface area contributed by atoms with Crippen molar-refractivity contribution in [3.63, 3.8) is 0 Å². The molecule has 0 bridgehead atoms. The van der Waals surface area contributed by atoms with Crippen LogP contribution in [0.4, 0.5) is 0 Å². The minimum atomic E-state index is -1.10. The number of hydrogen-bond donors (Lipinski definition) is 1. The van der Waals surface area contributed by atoms with E-state index in [-0.39, 0.29) is 6.42 Å². The van der Waals surface area contributed by atoms with Crippen LogP contribution in [0.15, 0.2) is 73.1 Å². The second-order valence-electron chi connectivity index (χ2n) is 5.49. The fourth-order valence-corrected chi connectivity index (χ4v) is 2.43. The molecule has 1 amide bonds. The number of carbonyl (C=O) groups excluding carboxylic acids is 2. The van der Waals surface area contributed by atoms with Gasteiger partial charge in [0, 0.05) is 17.3 Å². The Bertz CT molecular complexity index is 860. The van der Waals surface area contributed by atoms with E-state index in [1.807, 2.05) is 30.3 Å². The number of nitrogens with two attached hydrogens (primary N) is 1. The molecule has 0 aliphatic rings. The summed E-state index contributed by atoms with van der Waals surface area (Å²) in [5, 5.41) is 4.23. The number of primary amides is 1. The lowest BCUT2D eigenvalue weighted by atomic mass is 10.1. The molecule has 25 heavy (non-hydrogen) atoms. The van der Waals surface area contributed by atoms with Gasteiger partial charge in [-0.15, -0.1) is 0 Å². The van der Waals surface area contributed by atoms with E-state index in [9.17, 15) is 9.59 Å². The second kappa shape index (κ2) is 7.44. The van der Waals surface area contributed by atoms with Crippen molar-refractivity contribution in [2.75, 3.05) is 0 Å². The Morgan fingerprint density at radius 1 is 1.04 bits per heavy atom. The number of rotatable bonds is 6. The third-order valence-corrected chi connectivity index (χ3v) is 3.62. The van der Waals surface area contributed by atoms with Crippen LogP contribution in [0.2, 0.25) is 0 Å². The molecule has 126 valence electrons. The lowest BCUT2D eigenvalue weighted by Crippen LogP contribution is -2.26. The SMILES string of the molecule is NC(=O)[C@@H](OC(=O)Cc1cnn(-c2ccccc2)c1)c1ccccc1. The summed E-state index contributed by atoms with van der Waals surface area (Å²) >= 11 is 0. The summed E-state index contributed by atoms with van der Waals surface area (Å²) in [5.74, 6) is -1.25. The van der Waals surface area contributed by atoms with Gasteiger partial charge in [0.25, 0.3) is 5.91 Å². The van der Waals surface area contributed by atoms with E-state index >= 15 is 0 Å². The maximum absolute atomic E-state index is 12.2. The van der Waals surface area contributed by atoms with Crippen molar-refractivity contribution in [2.24, 2.45) is 5.73 Å². The Labute approximate surface area is 144 Å². The average Bonchev–Trinajstić information content (AvgIpc) is 3.09. The van der Waals surface area contributed by atoms with Gasteiger partial charge >= 0.3 is 5.97 Å². The van der Waals surface area contributed by atoms with Crippen LogP contribution in [0.3, 0.4) is 0 Å². The summed E-state index contributed by atoms with van der Waals surface area (Å²) < 4.78 is 6.94. The van der Waals surface area contributed by atoms with Gasteiger partial charge in [-0.1, -0.05) is 48.5 Å². The van der Waals surface area contributed by atoms with Crippen LogP contribution in [0, 0.1) is 0 Å². The zero-order valence-corrected chi connectivity index (χ0v) is 13.4. The van der Waals surface area contributed by atoms with Crippen LogP contribution >= 0.6 is 0 Å². The van der Waals surface area contributed by atoms with Gasteiger partial charge in [-0.05, 0) is 12.1 Å². The van der Waals surface area contributed by atoms with Gasteiger partial charge in [-0.3, -0.25) is 9.59 Å². The Hall–Kier alpha value is -3.41. The predicted octanol–water partition coefficient (Wildman–Crippen LogP) is 2.18. The maximum Gasteiger partial charge on any atom is 0.311 e. The highest BCUT2D eigenvalue weighted by Crippen LogP contribution is 2.18. The molecular formula is C19H17N3O3. The second-order valence-corrected chi connectivity index (χ2v) is 5.49. The molecule has 2 N–H and O–H groups in total. The average molecular weight is 335 g/mol. The van der Waals surface area contributed by atoms with E-state index in [0.717, 1.165) is 5.69 Å². The highest BCUT2D eigenvalue weighted by Gasteiger charge is 2.22. The lowest BCUT2D eigenvalue weighted by molar-refractivity contribution is -0.154. The van der Waals surface area contributed by atoms with Crippen molar-refractivity contribution in [3.05, 3.63) is 84.2 Å². The monoisotopic (exact) mass is 335 g/mol. The number of amides is 1. The van der Waals surface area contributed by atoms with Crippen molar-refractivity contribution in [2.45, 2.75) is 12.5 Å². The molecule has 0 fully saturated rings. The fraction of sp³-hybridized carbons (Fsp3) is 0.105. The number of benzene rings is 2. The van der Waals surface area contributed by atoms with E-state index in [1.54, 1.807) is 47.4 Å². The summed E-state index contributed by atoms with van der Waals surface area (Å²) in [6, 6.07) is 18.2. The van der Waals surface area contributed by atoms with Crippen LogP contribution in [0.5, 0.6) is 0 Å². The molecule has 3 rings (SSSR count). The van der Waals surface area contributed by atoms with E-state index < -0.39 is 18.0 Å². The third-order valence-electron chi connectivity index (χ3n) is 3.62. The van der Waals surface area contributed by atoms with Gasteiger partial charge in [0.05, 0.1) is 18.3 Å².